The van der Waals surface area contributed by atoms with Crippen molar-refractivity contribution in [2.75, 3.05) is 19.6 Å². The van der Waals surface area contributed by atoms with E-state index in [2.05, 4.69) is 11.8 Å². The zero-order valence-corrected chi connectivity index (χ0v) is 12.1. The predicted octanol–water partition coefficient (Wildman–Crippen LogP) is 2.31. The smallest absolute Gasteiger partial charge is 0.123 e. The van der Waals surface area contributed by atoms with Crippen LogP contribution in [0.25, 0.3) is 0 Å². The van der Waals surface area contributed by atoms with Crippen molar-refractivity contribution in [3.05, 3.63) is 35.6 Å². The maximum Gasteiger partial charge on any atom is 0.123 e. The number of benzene rings is 1. The van der Waals surface area contributed by atoms with Crippen molar-refractivity contribution >= 4 is 0 Å². The van der Waals surface area contributed by atoms with Gasteiger partial charge in [-0.3, -0.25) is 0 Å². The predicted molar refractivity (Wildman–Crippen MR) is 76.4 cm³/mol. The minimum atomic E-state index is -0.709. The van der Waals surface area contributed by atoms with Crippen LogP contribution in [-0.4, -0.2) is 35.2 Å². The summed E-state index contributed by atoms with van der Waals surface area (Å²) in [6.45, 7) is 7.90. The van der Waals surface area contributed by atoms with Gasteiger partial charge < -0.3 is 15.7 Å². The van der Waals surface area contributed by atoms with Gasteiger partial charge in [0.1, 0.15) is 5.82 Å². The van der Waals surface area contributed by atoms with E-state index in [1.54, 1.807) is 19.9 Å². The number of rotatable bonds is 7. The van der Waals surface area contributed by atoms with Crippen molar-refractivity contribution in [3.8, 4) is 0 Å². The monoisotopic (exact) mass is 268 g/mol. The second kappa shape index (κ2) is 6.98. The van der Waals surface area contributed by atoms with Crippen LogP contribution in [0, 0.1) is 5.82 Å². The Morgan fingerprint density at radius 2 is 2.11 bits per heavy atom. The molecule has 1 atom stereocenters. The Balaban J connectivity index is 2.50. The van der Waals surface area contributed by atoms with Crippen LogP contribution >= 0.6 is 0 Å². The van der Waals surface area contributed by atoms with Crippen LogP contribution in [0.5, 0.6) is 0 Å². The number of likely N-dealkylation sites (N-methyl/N-ethyl adjacent to an activating group) is 1. The average Bonchev–Trinajstić information content (AvgIpc) is 2.32. The molecule has 0 heterocycles. The number of hydrogen-bond donors (Lipinski definition) is 2. The van der Waals surface area contributed by atoms with E-state index in [0.717, 1.165) is 25.1 Å². The van der Waals surface area contributed by atoms with Crippen LogP contribution in [0.1, 0.15) is 38.8 Å². The minimum absolute atomic E-state index is 0.174. The molecule has 0 radical (unpaired) electrons. The highest BCUT2D eigenvalue weighted by molar-refractivity contribution is 5.19. The molecule has 19 heavy (non-hydrogen) atoms. The summed E-state index contributed by atoms with van der Waals surface area (Å²) in [5.74, 6) is -0.253. The van der Waals surface area contributed by atoms with E-state index < -0.39 is 5.60 Å². The van der Waals surface area contributed by atoms with Gasteiger partial charge in [-0.1, -0.05) is 19.1 Å². The fourth-order valence-electron chi connectivity index (χ4n) is 2.12. The van der Waals surface area contributed by atoms with Crippen LogP contribution in [0.15, 0.2) is 24.3 Å². The second-order valence-corrected chi connectivity index (χ2v) is 5.63. The van der Waals surface area contributed by atoms with Gasteiger partial charge in [0.25, 0.3) is 0 Å². The summed E-state index contributed by atoms with van der Waals surface area (Å²) in [5.41, 5.74) is 6.18. The molecule has 0 aliphatic carbocycles. The normalized spacial score (nSPS) is 13.8. The van der Waals surface area contributed by atoms with E-state index in [1.807, 2.05) is 6.07 Å². The largest absolute Gasteiger partial charge is 0.389 e. The van der Waals surface area contributed by atoms with E-state index in [9.17, 15) is 9.50 Å². The molecule has 1 unspecified atom stereocenters. The van der Waals surface area contributed by atoms with Crippen LogP contribution in [-0.2, 0) is 0 Å². The molecule has 1 aromatic rings. The fourth-order valence-corrected chi connectivity index (χ4v) is 2.12. The lowest BCUT2D eigenvalue weighted by molar-refractivity contribution is 0.0370. The maximum absolute atomic E-state index is 13.1. The molecule has 0 bridgehead atoms. The lowest BCUT2D eigenvalue weighted by atomic mass is 10.0. The summed E-state index contributed by atoms with van der Waals surface area (Å²) >= 11 is 0. The van der Waals surface area contributed by atoms with E-state index >= 15 is 0 Å². The summed E-state index contributed by atoms with van der Waals surface area (Å²) in [4.78, 5) is 2.15. The van der Waals surface area contributed by atoms with E-state index in [1.165, 1.54) is 12.1 Å². The summed E-state index contributed by atoms with van der Waals surface area (Å²) in [7, 11) is 0. The lowest BCUT2D eigenvalue weighted by Crippen LogP contribution is -2.39. The van der Waals surface area contributed by atoms with Crippen molar-refractivity contribution in [1.82, 2.24) is 4.90 Å². The van der Waals surface area contributed by atoms with E-state index in [-0.39, 0.29) is 11.9 Å². The molecule has 0 fully saturated rings. The molecule has 0 amide bonds. The van der Waals surface area contributed by atoms with Gasteiger partial charge in [-0.15, -0.1) is 0 Å². The molecule has 0 aliphatic rings. The van der Waals surface area contributed by atoms with Gasteiger partial charge in [0.2, 0.25) is 0 Å². The highest BCUT2D eigenvalue weighted by Crippen LogP contribution is 2.16. The third-order valence-corrected chi connectivity index (χ3v) is 3.09. The molecule has 3 N–H and O–H groups in total. The molecular formula is C15H25FN2O. The van der Waals surface area contributed by atoms with Gasteiger partial charge in [-0.05, 0) is 44.5 Å². The van der Waals surface area contributed by atoms with Crippen LogP contribution in [0.2, 0.25) is 0 Å². The van der Waals surface area contributed by atoms with Crippen molar-refractivity contribution in [3.63, 3.8) is 0 Å². The first-order valence-electron chi connectivity index (χ1n) is 6.77. The third-order valence-electron chi connectivity index (χ3n) is 3.09. The maximum atomic E-state index is 13.1. The summed E-state index contributed by atoms with van der Waals surface area (Å²) in [5, 5.41) is 9.82. The quantitative estimate of drug-likeness (QED) is 0.798. The Morgan fingerprint density at radius 1 is 1.42 bits per heavy atom. The van der Waals surface area contributed by atoms with Crippen molar-refractivity contribution < 1.29 is 9.50 Å². The highest BCUT2D eigenvalue weighted by Gasteiger charge is 2.18. The number of nitrogens with zero attached hydrogens (tertiary/aromatic N) is 1. The second-order valence-electron chi connectivity index (χ2n) is 5.63. The molecule has 1 rings (SSSR count). The molecule has 0 aliphatic heterocycles. The standard InChI is InChI=1S/C15H25FN2O/c1-4-18(11-15(2,3)19)9-8-14(17)12-6-5-7-13(16)10-12/h5-7,10,14,19H,4,8-9,11,17H2,1-3H3. The zero-order valence-electron chi connectivity index (χ0n) is 12.1. The Bertz CT molecular complexity index is 390. The average molecular weight is 268 g/mol. The number of aliphatic hydroxyl groups is 1. The van der Waals surface area contributed by atoms with Gasteiger partial charge in [-0.25, -0.2) is 4.39 Å². The summed E-state index contributed by atoms with van der Waals surface area (Å²) in [6.07, 6.45) is 0.743. The summed E-state index contributed by atoms with van der Waals surface area (Å²) in [6, 6.07) is 6.25. The molecule has 0 aromatic heterocycles. The first-order valence-corrected chi connectivity index (χ1v) is 6.77. The zero-order chi connectivity index (χ0) is 14.5. The Hall–Kier alpha value is -0.970. The Labute approximate surface area is 115 Å². The third kappa shape index (κ3) is 6.14. The molecule has 0 saturated heterocycles. The molecule has 108 valence electrons. The Morgan fingerprint density at radius 3 is 2.63 bits per heavy atom. The van der Waals surface area contributed by atoms with Crippen molar-refractivity contribution in [2.45, 2.75) is 38.8 Å². The number of halogens is 1. The topological polar surface area (TPSA) is 49.5 Å². The van der Waals surface area contributed by atoms with E-state index in [4.69, 9.17) is 5.73 Å². The minimum Gasteiger partial charge on any atom is -0.389 e. The van der Waals surface area contributed by atoms with Gasteiger partial charge in [0.05, 0.1) is 5.60 Å². The fraction of sp³-hybridized carbons (Fsp3) is 0.600. The van der Waals surface area contributed by atoms with Gasteiger partial charge in [0.15, 0.2) is 0 Å². The summed E-state index contributed by atoms with van der Waals surface area (Å²) < 4.78 is 13.1. The number of hydrogen-bond acceptors (Lipinski definition) is 3. The van der Waals surface area contributed by atoms with Crippen LogP contribution in [0.4, 0.5) is 4.39 Å². The molecular weight excluding hydrogens is 243 g/mol. The lowest BCUT2D eigenvalue weighted by Gasteiger charge is -2.28. The van der Waals surface area contributed by atoms with Crippen molar-refractivity contribution in [2.24, 2.45) is 5.73 Å². The SMILES string of the molecule is CCN(CCC(N)c1cccc(F)c1)CC(C)(C)O. The Kier molecular flexibility index (Phi) is 5.91. The van der Waals surface area contributed by atoms with E-state index in [0.29, 0.717) is 6.54 Å². The first kappa shape index (κ1) is 16.1. The molecule has 3 nitrogen and oxygen atoms in total. The van der Waals surface area contributed by atoms with Crippen LogP contribution < -0.4 is 5.73 Å². The van der Waals surface area contributed by atoms with Gasteiger partial charge in [0, 0.05) is 19.1 Å². The molecule has 4 heteroatoms. The molecule has 1 aromatic carbocycles. The first-order chi connectivity index (χ1) is 8.81. The van der Waals surface area contributed by atoms with Gasteiger partial charge >= 0.3 is 0 Å². The number of nitrogens with two attached hydrogens (primary N) is 1. The van der Waals surface area contributed by atoms with Crippen molar-refractivity contribution in [1.29, 1.82) is 0 Å². The van der Waals surface area contributed by atoms with Gasteiger partial charge in [-0.2, -0.15) is 0 Å². The van der Waals surface area contributed by atoms with Crippen LogP contribution in [0.3, 0.4) is 0 Å². The highest BCUT2D eigenvalue weighted by atomic mass is 19.1. The molecule has 0 spiro atoms. The molecule has 0 saturated carbocycles.